The first kappa shape index (κ1) is 28.0. The van der Waals surface area contributed by atoms with E-state index in [1.165, 1.54) is 18.9 Å². The highest BCUT2D eigenvalue weighted by molar-refractivity contribution is 6.01. The second-order valence-electron chi connectivity index (χ2n) is 7.88. The van der Waals surface area contributed by atoms with Gasteiger partial charge in [-0.2, -0.15) is 13.2 Å². The predicted octanol–water partition coefficient (Wildman–Crippen LogP) is 7.02. The number of rotatable bonds is 3. The van der Waals surface area contributed by atoms with E-state index in [1.807, 2.05) is 40.0 Å². The van der Waals surface area contributed by atoms with Gasteiger partial charge in [-0.15, -0.1) is 0 Å². The zero-order chi connectivity index (χ0) is 24.3. The first-order valence-corrected chi connectivity index (χ1v) is 11.9. The monoisotopic (exact) mass is 455 g/mol. The lowest BCUT2D eigenvalue weighted by Crippen LogP contribution is -2.33. The molecule has 2 aliphatic rings. The van der Waals surface area contributed by atoms with E-state index in [4.69, 9.17) is 0 Å². The highest BCUT2D eigenvalue weighted by Gasteiger charge is 2.40. The Morgan fingerprint density at radius 3 is 2.22 bits per heavy atom. The van der Waals surface area contributed by atoms with E-state index < -0.39 is 12.7 Å². The molecule has 0 spiro atoms. The smallest absolute Gasteiger partial charge is 0.359 e. The van der Waals surface area contributed by atoms with Crippen LogP contribution in [-0.4, -0.2) is 41.6 Å². The molecular formula is C25H40F3N3O. The van der Waals surface area contributed by atoms with Crippen molar-refractivity contribution in [3.63, 3.8) is 0 Å². The maximum atomic E-state index is 12.0. The van der Waals surface area contributed by atoms with Crippen LogP contribution in [0.15, 0.2) is 24.4 Å². The number of hydrogen-bond donors (Lipinski definition) is 2. The standard InChI is InChI=1S/C12H14N2O.C9H14F3N.2C2H6/c1-3-9-4-5-11-10(6-9)12(7-13-11)14-8(2)15;10-9(11,12)6-13-4-7-2-1-3-8(7)5-13;2*1-2/h4-7,13H,3H2,1-2H3,(H,14,15);7-8H,1-6H2;2*1-2H3. The largest absolute Gasteiger partial charge is 0.401 e. The van der Waals surface area contributed by atoms with Crippen LogP contribution in [-0.2, 0) is 11.2 Å². The molecule has 0 radical (unpaired) electrons. The van der Waals surface area contributed by atoms with Crippen molar-refractivity contribution in [3.05, 3.63) is 30.0 Å². The maximum absolute atomic E-state index is 12.0. The number of fused-ring (bicyclic) bond motifs is 2. The molecule has 4 rings (SSSR count). The van der Waals surface area contributed by atoms with E-state index in [1.54, 1.807) is 4.90 Å². The van der Waals surface area contributed by atoms with Gasteiger partial charge < -0.3 is 10.3 Å². The van der Waals surface area contributed by atoms with Crippen molar-refractivity contribution in [1.29, 1.82) is 0 Å². The van der Waals surface area contributed by atoms with Gasteiger partial charge in [-0.1, -0.05) is 47.1 Å². The molecule has 1 saturated heterocycles. The first-order chi connectivity index (χ1) is 15.2. The molecule has 4 nitrogen and oxygen atoms in total. The second-order valence-corrected chi connectivity index (χ2v) is 7.88. The van der Waals surface area contributed by atoms with Crippen LogP contribution in [0.5, 0.6) is 0 Å². The number of anilines is 1. The average Bonchev–Trinajstić information content (AvgIpc) is 3.45. The number of aromatic nitrogens is 1. The number of alkyl halides is 3. The zero-order valence-electron chi connectivity index (χ0n) is 20.4. The predicted molar refractivity (Wildman–Crippen MR) is 128 cm³/mol. The van der Waals surface area contributed by atoms with Gasteiger partial charge >= 0.3 is 6.18 Å². The Labute approximate surface area is 190 Å². The molecule has 1 amide bonds. The number of halogens is 3. The van der Waals surface area contributed by atoms with Crippen molar-refractivity contribution in [1.82, 2.24) is 9.88 Å². The molecule has 2 N–H and O–H groups in total. The summed E-state index contributed by atoms with van der Waals surface area (Å²) in [5, 5.41) is 3.88. The van der Waals surface area contributed by atoms with Crippen LogP contribution in [0.2, 0.25) is 0 Å². The Hall–Kier alpha value is -2.02. The van der Waals surface area contributed by atoms with Crippen molar-refractivity contribution < 1.29 is 18.0 Å². The summed E-state index contributed by atoms with van der Waals surface area (Å²) in [5.74, 6) is 1.07. The summed E-state index contributed by atoms with van der Waals surface area (Å²) in [5.41, 5.74) is 3.18. The molecule has 32 heavy (non-hydrogen) atoms. The van der Waals surface area contributed by atoms with Crippen LogP contribution in [0.1, 0.15) is 66.4 Å². The molecule has 182 valence electrons. The quantitative estimate of drug-likeness (QED) is 0.522. The van der Waals surface area contributed by atoms with Gasteiger partial charge in [0.05, 0.1) is 12.2 Å². The first-order valence-electron chi connectivity index (χ1n) is 11.9. The van der Waals surface area contributed by atoms with Gasteiger partial charge in [0.1, 0.15) is 0 Å². The van der Waals surface area contributed by atoms with Crippen LogP contribution < -0.4 is 5.32 Å². The van der Waals surface area contributed by atoms with Crippen LogP contribution in [0.3, 0.4) is 0 Å². The van der Waals surface area contributed by atoms with Crippen LogP contribution in [0.4, 0.5) is 18.9 Å². The third-order valence-electron chi connectivity index (χ3n) is 5.67. The summed E-state index contributed by atoms with van der Waals surface area (Å²) < 4.78 is 36.1. The van der Waals surface area contributed by atoms with Crippen LogP contribution in [0, 0.1) is 11.8 Å². The number of likely N-dealkylation sites (tertiary alicyclic amines) is 1. The number of aromatic amines is 1. The summed E-state index contributed by atoms with van der Waals surface area (Å²) in [6.07, 6.45) is 2.30. The van der Waals surface area contributed by atoms with Crippen LogP contribution in [0.25, 0.3) is 10.9 Å². The molecule has 2 heterocycles. The Morgan fingerprint density at radius 2 is 1.72 bits per heavy atom. The van der Waals surface area contributed by atoms with E-state index in [0.717, 1.165) is 35.9 Å². The van der Waals surface area contributed by atoms with Crippen molar-refractivity contribution in [3.8, 4) is 0 Å². The second kappa shape index (κ2) is 13.5. The summed E-state index contributed by atoms with van der Waals surface area (Å²) in [6.45, 7) is 12.3. The molecule has 1 aliphatic heterocycles. The number of nitrogens with zero attached hydrogens (tertiary/aromatic N) is 1. The van der Waals surface area contributed by atoms with Crippen molar-refractivity contribution in [2.24, 2.45) is 11.8 Å². The molecule has 1 aliphatic carbocycles. The van der Waals surface area contributed by atoms with Crippen molar-refractivity contribution in [2.75, 3.05) is 25.0 Å². The van der Waals surface area contributed by atoms with E-state index in [2.05, 4.69) is 29.4 Å². The number of carbonyl (C=O) groups is 1. The number of hydrogen-bond acceptors (Lipinski definition) is 2. The number of benzene rings is 1. The molecule has 2 fully saturated rings. The van der Waals surface area contributed by atoms with Gasteiger partial charge in [0.25, 0.3) is 0 Å². The number of aryl methyl sites for hydroxylation is 1. The van der Waals surface area contributed by atoms with E-state index in [0.29, 0.717) is 24.9 Å². The Bertz CT molecular complexity index is 804. The fraction of sp³-hybridized carbons (Fsp3) is 0.640. The van der Waals surface area contributed by atoms with E-state index >= 15 is 0 Å². The van der Waals surface area contributed by atoms with Crippen molar-refractivity contribution in [2.45, 2.75) is 73.4 Å². The number of H-pyrrole nitrogens is 1. The van der Waals surface area contributed by atoms with Gasteiger partial charge in [-0.05, 0) is 48.8 Å². The number of carbonyl (C=O) groups excluding carboxylic acids is 1. The highest BCUT2D eigenvalue weighted by Crippen LogP contribution is 2.38. The molecule has 1 aromatic carbocycles. The van der Waals surface area contributed by atoms with Gasteiger partial charge in [0, 0.05) is 37.1 Å². The summed E-state index contributed by atoms with van der Waals surface area (Å²) in [6, 6.07) is 6.24. The van der Waals surface area contributed by atoms with Gasteiger partial charge in [-0.25, -0.2) is 0 Å². The normalized spacial score (nSPS) is 19.7. The molecule has 0 bridgehead atoms. The summed E-state index contributed by atoms with van der Waals surface area (Å²) in [7, 11) is 0. The Balaban J connectivity index is 0.000000279. The zero-order valence-corrected chi connectivity index (χ0v) is 20.4. The third kappa shape index (κ3) is 8.49. The average molecular weight is 456 g/mol. The number of amides is 1. The minimum absolute atomic E-state index is 0.0437. The minimum Gasteiger partial charge on any atom is -0.359 e. The molecule has 2 aromatic rings. The van der Waals surface area contributed by atoms with Crippen molar-refractivity contribution >= 4 is 22.5 Å². The lowest BCUT2D eigenvalue weighted by molar-refractivity contribution is -0.144. The fourth-order valence-electron chi connectivity index (χ4n) is 4.40. The third-order valence-corrected chi connectivity index (χ3v) is 5.67. The molecule has 1 saturated carbocycles. The topological polar surface area (TPSA) is 48.1 Å². The molecular weight excluding hydrogens is 415 g/mol. The van der Waals surface area contributed by atoms with Crippen LogP contribution >= 0.6 is 0 Å². The maximum Gasteiger partial charge on any atom is 0.401 e. The molecule has 2 atom stereocenters. The summed E-state index contributed by atoms with van der Waals surface area (Å²) >= 11 is 0. The van der Waals surface area contributed by atoms with E-state index in [-0.39, 0.29) is 5.91 Å². The van der Waals surface area contributed by atoms with Gasteiger partial charge in [-0.3, -0.25) is 9.69 Å². The number of nitrogens with one attached hydrogen (secondary N) is 2. The molecule has 2 unspecified atom stereocenters. The lowest BCUT2D eigenvalue weighted by atomic mass is 10.0. The van der Waals surface area contributed by atoms with Gasteiger partial charge in [0.15, 0.2) is 0 Å². The lowest BCUT2D eigenvalue weighted by Gasteiger charge is -2.18. The highest BCUT2D eigenvalue weighted by atomic mass is 19.4. The Morgan fingerprint density at radius 1 is 1.12 bits per heavy atom. The van der Waals surface area contributed by atoms with E-state index in [9.17, 15) is 18.0 Å². The summed E-state index contributed by atoms with van der Waals surface area (Å²) in [4.78, 5) is 15.7. The molecule has 1 aromatic heterocycles. The van der Waals surface area contributed by atoms with Gasteiger partial charge in [0.2, 0.25) is 5.91 Å². The SMILES string of the molecule is CC.CC.CCc1ccc2[nH]cc(NC(C)=O)c2c1.FC(F)(F)CN1CC2CCCC2C1. The Kier molecular flexibility index (Phi) is 11.8. The minimum atomic E-state index is -4.02. The fourth-order valence-corrected chi connectivity index (χ4v) is 4.40. The molecule has 7 heteroatoms.